The summed E-state index contributed by atoms with van der Waals surface area (Å²) in [6.45, 7) is 0.835. The van der Waals surface area contributed by atoms with E-state index in [2.05, 4.69) is 25.4 Å². The van der Waals surface area contributed by atoms with Gasteiger partial charge in [-0.05, 0) is 6.07 Å². The fraction of sp³-hybridized carbons (Fsp3) is 0.308. The van der Waals surface area contributed by atoms with Gasteiger partial charge in [0.1, 0.15) is 5.69 Å². The second-order valence-corrected chi connectivity index (χ2v) is 7.54. The molecule has 4 rings (SSSR count). The van der Waals surface area contributed by atoms with Gasteiger partial charge in [0.05, 0.1) is 17.0 Å². The van der Waals surface area contributed by atoms with Crippen LogP contribution in [0, 0.1) is 0 Å². The van der Waals surface area contributed by atoms with E-state index in [1.807, 2.05) is 29.2 Å². The quantitative estimate of drug-likeness (QED) is 0.716. The van der Waals surface area contributed by atoms with Crippen LogP contribution in [0.2, 0.25) is 0 Å². The number of aromatic nitrogens is 5. The van der Waals surface area contributed by atoms with E-state index in [4.69, 9.17) is 0 Å². The van der Waals surface area contributed by atoms with E-state index in [0.717, 1.165) is 10.9 Å². The molecule has 2 N–H and O–H groups in total. The van der Waals surface area contributed by atoms with E-state index < -0.39 is 9.84 Å². The fourth-order valence-electron chi connectivity index (χ4n) is 2.56. The van der Waals surface area contributed by atoms with E-state index in [9.17, 15) is 8.42 Å². The Morgan fingerprint density at radius 1 is 1.05 bits per heavy atom. The number of hydrogen-bond acceptors (Lipinski definition) is 6. The fourth-order valence-corrected chi connectivity index (χ4v) is 3.76. The lowest BCUT2D eigenvalue weighted by atomic mass is 10.2. The molecule has 0 radical (unpaired) electrons. The molecule has 0 aliphatic carbocycles. The summed E-state index contributed by atoms with van der Waals surface area (Å²) in [6.07, 6.45) is 0. The summed E-state index contributed by atoms with van der Waals surface area (Å²) in [5.41, 5.74) is 1.64. The molecule has 1 aliphatic rings. The summed E-state index contributed by atoms with van der Waals surface area (Å²) in [5, 5.41) is 15.3. The van der Waals surface area contributed by atoms with Crippen molar-refractivity contribution in [3.8, 4) is 11.5 Å². The van der Waals surface area contributed by atoms with E-state index in [1.54, 1.807) is 0 Å². The van der Waals surface area contributed by atoms with Gasteiger partial charge in [-0.15, -0.1) is 5.10 Å². The normalized spacial score (nSPS) is 17.9. The third-order valence-corrected chi connectivity index (χ3v) is 5.40. The molecule has 3 aromatic rings. The first-order valence-electron chi connectivity index (χ1n) is 6.94. The summed E-state index contributed by atoms with van der Waals surface area (Å²) in [4.78, 5) is 6.33. The summed E-state index contributed by atoms with van der Waals surface area (Å²) >= 11 is 0. The summed E-state index contributed by atoms with van der Waals surface area (Å²) in [7, 11) is -2.91. The highest BCUT2D eigenvalue weighted by Gasteiger charge is 2.24. The highest BCUT2D eigenvalue weighted by molar-refractivity contribution is 7.91. The number of rotatable bonds is 2. The molecule has 3 heterocycles. The van der Waals surface area contributed by atoms with Gasteiger partial charge in [-0.2, -0.15) is 10.1 Å². The van der Waals surface area contributed by atoms with Crippen molar-refractivity contribution in [3.63, 3.8) is 0 Å². The number of sulfone groups is 1. The Hall–Kier alpha value is -2.42. The molecule has 0 atom stereocenters. The molecule has 114 valence electrons. The van der Waals surface area contributed by atoms with Gasteiger partial charge >= 0.3 is 0 Å². The molecular formula is C13H14N6O2S. The van der Waals surface area contributed by atoms with E-state index in [1.165, 1.54) is 0 Å². The van der Waals surface area contributed by atoms with Gasteiger partial charge < -0.3 is 4.90 Å². The van der Waals surface area contributed by atoms with Crippen molar-refractivity contribution in [1.82, 2.24) is 25.4 Å². The van der Waals surface area contributed by atoms with Crippen LogP contribution >= 0.6 is 0 Å². The first-order chi connectivity index (χ1) is 10.6. The molecule has 0 unspecified atom stereocenters. The van der Waals surface area contributed by atoms with Gasteiger partial charge in [0, 0.05) is 18.5 Å². The Kier molecular flexibility index (Phi) is 2.89. The Balaban J connectivity index is 1.64. The van der Waals surface area contributed by atoms with Gasteiger partial charge in [-0.1, -0.05) is 18.2 Å². The smallest absolute Gasteiger partial charge is 0.245 e. The number of hydrogen-bond donors (Lipinski definition) is 2. The third kappa shape index (κ3) is 2.23. The van der Waals surface area contributed by atoms with Crippen molar-refractivity contribution in [1.29, 1.82) is 0 Å². The average molecular weight is 318 g/mol. The molecule has 0 amide bonds. The molecule has 0 saturated carbocycles. The van der Waals surface area contributed by atoms with Crippen molar-refractivity contribution in [2.75, 3.05) is 29.5 Å². The standard InChI is InChI=1S/C13H14N6O2S/c20-22(21)7-5-19(6-8-22)13-14-12(17-18-13)11-9-3-1-2-4-10(9)15-16-11/h1-4H,5-8H2,(H,15,16)(H,14,17,18). The summed E-state index contributed by atoms with van der Waals surface area (Å²) < 4.78 is 23.0. The number of fused-ring (bicyclic) bond motifs is 1. The number of para-hydroxylation sites is 1. The van der Waals surface area contributed by atoms with Crippen LogP contribution in [0.25, 0.3) is 22.4 Å². The van der Waals surface area contributed by atoms with Crippen molar-refractivity contribution in [2.24, 2.45) is 0 Å². The Morgan fingerprint density at radius 3 is 2.64 bits per heavy atom. The molecule has 1 aliphatic heterocycles. The van der Waals surface area contributed by atoms with Crippen molar-refractivity contribution in [2.45, 2.75) is 0 Å². The van der Waals surface area contributed by atoms with Crippen molar-refractivity contribution in [3.05, 3.63) is 24.3 Å². The number of nitrogens with zero attached hydrogens (tertiary/aromatic N) is 4. The van der Waals surface area contributed by atoms with Gasteiger partial charge in [0.25, 0.3) is 0 Å². The average Bonchev–Trinajstić information content (AvgIpc) is 3.13. The SMILES string of the molecule is O=S1(=O)CCN(c2n[nH]c(-c3n[nH]c4ccccc34)n2)CC1. The predicted molar refractivity (Wildman–Crippen MR) is 82.3 cm³/mol. The number of benzene rings is 1. The molecule has 0 spiro atoms. The van der Waals surface area contributed by atoms with Gasteiger partial charge in [0.2, 0.25) is 5.95 Å². The minimum atomic E-state index is -2.91. The lowest BCUT2D eigenvalue weighted by Gasteiger charge is -2.25. The zero-order chi connectivity index (χ0) is 15.2. The number of H-pyrrole nitrogens is 2. The van der Waals surface area contributed by atoms with Crippen LogP contribution in [0.1, 0.15) is 0 Å². The first-order valence-corrected chi connectivity index (χ1v) is 8.76. The number of anilines is 1. The lowest BCUT2D eigenvalue weighted by molar-refractivity contribution is 0.585. The maximum Gasteiger partial charge on any atom is 0.245 e. The van der Waals surface area contributed by atoms with Crippen LogP contribution in [0.3, 0.4) is 0 Å². The predicted octanol–water partition coefficient (Wildman–Crippen LogP) is 0.583. The minimum Gasteiger partial charge on any atom is -0.337 e. The highest BCUT2D eigenvalue weighted by atomic mass is 32.2. The largest absolute Gasteiger partial charge is 0.337 e. The lowest BCUT2D eigenvalue weighted by Crippen LogP contribution is -2.40. The van der Waals surface area contributed by atoms with Crippen LogP contribution < -0.4 is 4.90 Å². The molecule has 9 heteroatoms. The van der Waals surface area contributed by atoms with Crippen LogP contribution in [-0.4, -0.2) is 58.4 Å². The van der Waals surface area contributed by atoms with Gasteiger partial charge in [-0.3, -0.25) is 10.2 Å². The Labute approximate surface area is 126 Å². The highest BCUT2D eigenvalue weighted by Crippen LogP contribution is 2.24. The van der Waals surface area contributed by atoms with Crippen molar-refractivity contribution < 1.29 is 8.42 Å². The van der Waals surface area contributed by atoms with E-state index in [-0.39, 0.29) is 11.5 Å². The van der Waals surface area contributed by atoms with Crippen LogP contribution in [0.4, 0.5) is 5.95 Å². The second-order valence-electron chi connectivity index (χ2n) is 5.24. The van der Waals surface area contributed by atoms with Crippen LogP contribution in [0.15, 0.2) is 24.3 Å². The van der Waals surface area contributed by atoms with Crippen LogP contribution in [0.5, 0.6) is 0 Å². The number of nitrogens with one attached hydrogen (secondary N) is 2. The molecule has 0 bridgehead atoms. The van der Waals surface area contributed by atoms with Crippen LogP contribution in [-0.2, 0) is 9.84 Å². The molecule has 1 aromatic carbocycles. The first kappa shape index (κ1) is 13.3. The van der Waals surface area contributed by atoms with Gasteiger partial charge in [-0.25, -0.2) is 8.42 Å². The molecule has 8 nitrogen and oxygen atoms in total. The molecule has 2 aromatic heterocycles. The van der Waals surface area contributed by atoms with Crippen molar-refractivity contribution >= 4 is 26.7 Å². The summed E-state index contributed by atoms with van der Waals surface area (Å²) in [5.74, 6) is 1.36. The Bertz CT molecular complexity index is 915. The maximum absolute atomic E-state index is 11.5. The molecule has 1 fully saturated rings. The second kappa shape index (κ2) is 4.80. The zero-order valence-corrected chi connectivity index (χ0v) is 12.5. The third-order valence-electron chi connectivity index (χ3n) is 3.80. The summed E-state index contributed by atoms with van der Waals surface area (Å²) in [6, 6.07) is 7.78. The topological polar surface area (TPSA) is 108 Å². The maximum atomic E-state index is 11.5. The zero-order valence-electron chi connectivity index (χ0n) is 11.7. The molecular weight excluding hydrogens is 304 g/mol. The molecule has 1 saturated heterocycles. The minimum absolute atomic E-state index is 0.141. The Morgan fingerprint density at radius 2 is 1.82 bits per heavy atom. The van der Waals surface area contributed by atoms with E-state index >= 15 is 0 Å². The monoisotopic (exact) mass is 318 g/mol. The van der Waals surface area contributed by atoms with E-state index in [0.29, 0.717) is 30.6 Å². The number of aromatic amines is 2. The molecule has 22 heavy (non-hydrogen) atoms. The van der Waals surface area contributed by atoms with Gasteiger partial charge in [0.15, 0.2) is 15.7 Å².